The van der Waals surface area contributed by atoms with Gasteiger partial charge in [-0.05, 0) is 53.4 Å². The van der Waals surface area contributed by atoms with Crippen LogP contribution in [0.2, 0.25) is 0 Å². The Kier molecular flexibility index (Phi) is 9.35. The molecule has 1 aromatic heterocycles. The van der Waals surface area contributed by atoms with Crippen LogP contribution in [-0.4, -0.2) is 23.9 Å². The van der Waals surface area contributed by atoms with Gasteiger partial charge in [-0.2, -0.15) is 0 Å². The summed E-state index contributed by atoms with van der Waals surface area (Å²) in [5.74, 6) is 0.252. The van der Waals surface area contributed by atoms with Crippen LogP contribution in [0.5, 0.6) is 0 Å². The molecule has 0 spiro atoms. The third kappa shape index (κ3) is 6.34. The van der Waals surface area contributed by atoms with E-state index in [9.17, 15) is 13.2 Å². The number of carbonyl (C=O) groups excluding carboxylic acids is 1. The van der Waals surface area contributed by atoms with E-state index in [0.717, 1.165) is 46.4 Å². The molecule has 0 fully saturated rings. The maximum Gasteiger partial charge on any atom is 1.00 e. The van der Waals surface area contributed by atoms with Crippen LogP contribution in [0.4, 0.5) is 0 Å². The summed E-state index contributed by atoms with van der Waals surface area (Å²) < 4.78 is 29.6. The largest absolute Gasteiger partial charge is 1.00 e. The number of nitrogens with one attached hydrogen (secondary N) is 1. The van der Waals surface area contributed by atoms with Crippen molar-refractivity contribution < 1.29 is 64.6 Å². The van der Waals surface area contributed by atoms with Gasteiger partial charge in [0.05, 0.1) is 15.9 Å². The molecule has 186 valence electrons. The molecule has 0 atom stereocenters. The number of imidazole rings is 1. The van der Waals surface area contributed by atoms with Crippen molar-refractivity contribution >= 4 is 27.0 Å². The van der Waals surface area contributed by atoms with Gasteiger partial charge in [0.2, 0.25) is 0 Å². The maximum atomic E-state index is 12.9. The fraction of sp³-hybridized carbons (Fsp3) is 0.133. The summed E-state index contributed by atoms with van der Waals surface area (Å²) in [5, 5.41) is 0. The van der Waals surface area contributed by atoms with E-state index in [4.69, 9.17) is 4.98 Å². The van der Waals surface area contributed by atoms with Crippen LogP contribution in [0.3, 0.4) is 0 Å². The molecule has 8 heteroatoms. The standard InChI is InChI=1S/C30H27N3O3S.K/c1-2-9-29-31-27-19-18-25(30(34)32-37(35,36)26-12-7-4-8-13-26)20-28(27)33(29)21-22-14-16-24(17-15-22)23-10-5-3-6-11-23;/h3-8,10-20H,2,9,21H2,1H3,(H,32,34);/q;+1. The van der Waals surface area contributed by atoms with E-state index in [1.807, 2.05) is 18.2 Å². The predicted molar refractivity (Wildman–Crippen MR) is 146 cm³/mol. The summed E-state index contributed by atoms with van der Waals surface area (Å²) >= 11 is 0. The van der Waals surface area contributed by atoms with Crippen molar-refractivity contribution in [3.8, 4) is 11.1 Å². The summed E-state index contributed by atoms with van der Waals surface area (Å²) in [6, 6.07) is 31.6. The minimum Gasteiger partial charge on any atom is -0.323 e. The van der Waals surface area contributed by atoms with Gasteiger partial charge in [0.25, 0.3) is 15.9 Å². The summed E-state index contributed by atoms with van der Waals surface area (Å²) in [4.78, 5) is 17.8. The number of hydrogen-bond donors (Lipinski definition) is 1. The average molecular weight is 549 g/mol. The Labute approximate surface area is 265 Å². The van der Waals surface area contributed by atoms with E-state index in [-0.39, 0.29) is 61.8 Å². The normalized spacial score (nSPS) is 11.2. The molecule has 0 radical (unpaired) electrons. The maximum absolute atomic E-state index is 12.9. The SMILES string of the molecule is CCCc1nc2ccc(C(=O)NS(=O)(=O)c3ccccc3)cc2n1Cc1ccc(-c2ccccc2)cc1.[K+]. The number of fused-ring (bicyclic) bond motifs is 1. The van der Waals surface area contributed by atoms with Gasteiger partial charge in [-0.25, -0.2) is 18.1 Å². The van der Waals surface area contributed by atoms with Gasteiger partial charge in [0.15, 0.2) is 0 Å². The molecular formula is C30H27KN3O3S+. The van der Waals surface area contributed by atoms with Crippen molar-refractivity contribution in [2.75, 3.05) is 0 Å². The van der Waals surface area contributed by atoms with Crippen molar-refractivity contribution in [2.24, 2.45) is 0 Å². The number of hydrogen-bond acceptors (Lipinski definition) is 4. The third-order valence-electron chi connectivity index (χ3n) is 6.25. The Bertz CT molecular complexity index is 1650. The number of benzene rings is 4. The smallest absolute Gasteiger partial charge is 0.323 e. The van der Waals surface area contributed by atoms with E-state index < -0.39 is 15.9 Å². The van der Waals surface area contributed by atoms with Gasteiger partial charge in [0, 0.05) is 18.5 Å². The molecule has 6 nitrogen and oxygen atoms in total. The Morgan fingerprint density at radius 3 is 2.13 bits per heavy atom. The molecule has 0 aliphatic heterocycles. The van der Waals surface area contributed by atoms with E-state index in [2.05, 4.69) is 52.6 Å². The molecule has 5 aromatic rings. The zero-order valence-corrected chi connectivity index (χ0v) is 25.4. The van der Waals surface area contributed by atoms with Gasteiger partial charge in [-0.1, -0.05) is 79.7 Å². The van der Waals surface area contributed by atoms with Crippen molar-refractivity contribution in [3.63, 3.8) is 0 Å². The molecule has 1 heterocycles. The Morgan fingerprint density at radius 1 is 0.842 bits per heavy atom. The van der Waals surface area contributed by atoms with Gasteiger partial charge in [-0.15, -0.1) is 0 Å². The first-order valence-electron chi connectivity index (χ1n) is 12.2. The van der Waals surface area contributed by atoms with Crippen LogP contribution in [0.15, 0.2) is 108 Å². The van der Waals surface area contributed by atoms with Crippen LogP contribution >= 0.6 is 0 Å². The molecule has 5 rings (SSSR count). The second kappa shape index (κ2) is 12.5. The van der Waals surface area contributed by atoms with Crippen molar-refractivity contribution in [2.45, 2.75) is 31.2 Å². The van der Waals surface area contributed by atoms with Gasteiger partial charge >= 0.3 is 51.4 Å². The molecule has 38 heavy (non-hydrogen) atoms. The second-order valence-corrected chi connectivity index (χ2v) is 10.6. The molecule has 0 aliphatic carbocycles. The van der Waals surface area contributed by atoms with Crippen LogP contribution in [0, 0.1) is 0 Å². The van der Waals surface area contributed by atoms with Crippen LogP contribution < -0.4 is 56.1 Å². The molecule has 0 unspecified atom stereocenters. The predicted octanol–water partition coefficient (Wildman–Crippen LogP) is 2.83. The first-order valence-corrected chi connectivity index (χ1v) is 13.7. The van der Waals surface area contributed by atoms with Crippen LogP contribution in [0.1, 0.15) is 35.1 Å². The summed E-state index contributed by atoms with van der Waals surface area (Å²) in [6.07, 6.45) is 1.72. The molecule has 0 saturated heterocycles. The van der Waals surface area contributed by atoms with Crippen LogP contribution in [0.25, 0.3) is 22.2 Å². The minimum atomic E-state index is -3.97. The number of sulfonamides is 1. The zero-order chi connectivity index (χ0) is 25.8. The van der Waals surface area contributed by atoms with Gasteiger partial charge in [-0.3, -0.25) is 4.79 Å². The number of rotatable bonds is 8. The van der Waals surface area contributed by atoms with E-state index in [1.54, 1.807) is 36.4 Å². The molecule has 4 aromatic carbocycles. The van der Waals surface area contributed by atoms with Crippen LogP contribution in [-0.2, 0) is 23.0 Å². The first-order chi connectivity index (χ1) is 17.9. The zero-order valence-electron chi connectivity index (χ0n) is 21.5. The van der Waals surface area contributed by atoms with E-state index >= 15 is 0 Å². The van der Waals surface area contributed by atoms with Gasteiger partial charge in [0.1, 0.15) is 5.82 Å². The number of nitrogens with zero attached hydrogens (tertiary/aromatic N) is 2. The van der Waals surface area contributed by atoms with E-state index in [0.29, 0.717) is 6.54 Å². The average Bonchev–Trinajstić information content (AvgIpc) is 3.26. The topological polar surface area (TPSA) is 81.1 Å². The summed E-state index contributed by atoms with van der Waals surface area (Å²) in [5.41, 5.74) is 5.24. The van der Waals surface area contributed by atoms with Gasteiger partial charge < -0.3 is 4.57 Å². The molecule has 0 saturated carbocycles. The van der Waals surface area contributed by atoms with Crippen molar-refractivity contribution in [1.29, 1.82) is 0 Å². The number of amides is 1. The molecule has 0 bridgehead atoms. The monoisotopic (exact) mass is 548 g/mol. The Morgan fingerprint density at radius 2 is 1.47 bits per heavy atom. The fourth-order valence-electron chi connectivity index (χ4n) is 4.36. The number of aromatic nitrogens is 2. The third-order valence-corrected chi connectivity index (χ3v) is 7.59. The van der Waals surface area contributed by atoms with Crippen molar-refractivity contribution in [3.05, 3.63) is 120 Å². The Hall–Kier alpha value is -2.59. The molecule has 1 amide bonds. The summed E-state index contributed by atoms with van der Waals surface area (Å²) in [6.45, 7) is 2.69. The van der Waals surface area contributed by atoms with E-state index in [1.165, 1.54) is 12.1 Å². The summed E-state index contributed by atoms with van der Waals surface area (Å²) in [7, 11) is -3.97. The molecule has 0 aliphatic rings. The Balaban J connectivity index is 0.00000336. The molecular weight excluding hydrogens is 522 g/mol. The fourth-order valence-corrected chi connectivity index (χ4v) is 5.36. The second-order valence-electron chi connectivity index (χ2n) is 8.88. The first kappa shape index (κ1) is 28.4. The van der Waals surface area contributed by atoms with Crippen molar-refractivity contribution in [1.82, 2.24) is 14.3 Å². The number of aryl methyl sites for hydroxylation is 1. The quantitative estimate of drug-likeness (QED) is 0.303. The number of carbonyl (C=O) groups is 1. The molecule has 1 N–H and O–H groups in total. The minimum absolute atomic E-state index is 0.